The molecule has 2 saturated carbocycles. The molecule has 21 heavy (non-hydrogen) atoms. The number of hydrogen-bond acceptors (Lipinski definition) is 4. The average molecular weight is 296 g/mol. The summed E-state index contributed by atoms with van der Waals surface area (Å²) < 4.78 is 5.06. The lowest BCUT2D eigenvalue weighted by molar-refractivity contribution is -0.149. The maximum absolute atomic E-state index is 12.3. The van der Waals surface area contributed by atoms with Crippen molar-refractivity contribution in [1.82, 2.24) is 10.2 Å². The van der Waals surface area contributed by atoms with Gasteiger partial charge in [-0.1, -0.05) is 13.3 Å². The van der Waals surface area contributed by atoms with Crippen LogP contribution in [0.15, 0.2) is 0 Å². The summed E-state index contributed by atoms with van der Waals surface area (Å²) in [5.41, 5.74) is -0.547. The zero-order chi connectivity index (χ0) is 15.5. The van der Waals surface area contributed by atoms with E-state index in [0.29, 0.717) is 12.1 Å². The smallest absolute Gasteiger partial charge is 0.325 e. The largest absolute Gasteiger partial charge is 0.468 e. The molecule has 122 valence electrons. The normalized spacial score (nSPS) is 22.9. The Hall–Kier alpha value is -0.610. The van der Waals surface area contributed by atoms with Crippen LogP contribution in [0.2, 0.25) is 0 Å². The van der Waals surface area contributed by atoms with Crippen molar-refractivity contribution in [3.05, 3.63) is 0 Å². The van der Waals surface area contributed by atoms with Crippen molar-refractivity contribution in [2.45, 2.75) is 89.4 Å². The summed E-state index contributed by atoms with van der Waals surface area (Å²) in [5.74, 6) is -0.118. The number of unbranched alkanes of at least 4 members (excludes halogenated alkanes) is 1. The van der Waals surface area contributed by atoms with Gasteiger partial charge in [-0.2, -0.15) is 0 Å². The molecule has 0 saturated heterocycles. The molecule has 0 spiro atoms. The first-order valence-corrected chi connectivity index (χ1v) is 8.62. The maximum Gasteiger partial charge on any atom is 0.325 e. The summed E-state index contributed by atoms with van der Waals surface area (Å²) in [5, 5.41) is 3.52. The van der Waals surface area contributed by atoms with Gasteiger partial charge in [0.2, 0.25) is 0 Å². The predicted octanol–water partition coefficient (Wildman–Crippen LogP) is 2.71. The van der Waals surface area contributed by atoms with Crippen molar-refractivity contribution in [2.75, 3.05) is 13.7 Å². The molecule has 0 bridgehead atoms. The zero-order valence-corrected chi connectivity index (χ0v) is 14.2. The van der Waals surface area contributed by atoms with Crippen LogP contribution in [0, 0.1) is 0 Å². The Bertz CT molecular complexity index is 353. The minimum atomic E-state index is -0.547. The van der Waals surface area contributed by atoms with E-state index in [1.165, 1.54) is 45.6 Å². The van der Waals surface area contributed by atoms with Gasteiger partial charge in [0.05, 0.1) is 7.11 Å². The van der Waals surface area contributed by atoms with Gasteiger partial charge in [0.15, 0.2) is 0 Å². The number of carbonyl (C=O) groups excluding carboxylic acids is 1. The molecule has 1 N–H and O–H groups in total. The maximum atomic E-state index is 12.3. The lowest BCUT2D eigenvalue weighted by Crippen LogP contribution is -2.55. The van der Waals surface area contributed by atoms with E-state index in [1.54, 1.807) is 0 Å². The highest BCUT2D eigenvalue weighted by molar-refractivity contribution is 5.80. The minimum Gasteiger partial charge on any atom is -0.468 e. The van der Waals surface area contributed by atoms with Gasteiger partial charge in [-0.25, -0.2) is 0 Å². The molecule has 2 rings (SSSR count). The van der Waals surface area contributed by atoms with Gasteiger partial charge >= 0.3 is 5.97 Å². The fourth-order valence-electron chi connectivity index (χ4n) is 3.32. The van der Waals surface area contributed by atoms with Gasteiger partial charge in [-0.05, 0) is 58.9 Å². The third-order valence-corrected chi connectivity index (χ3v) is 4.79. The Balaban J connectivity index is 1.97. The summed E-state index contributed by atoms with van der Waals surface area (Å²) in [6.07, 6.45) is 8.30. The SMILES string of the molecule is CCCCN(C(C)CC(C)(NC1CC1)C(=O)OC)C1CC1. The molecule has 0 radical (unpaired) electrons. The minimum absolute atomic E-state index is 0.118. The summed E-state index contributed by atoms with van der Waals surface area (Å²) in [4.78, 5) is 14.9. The van der Waals surface area contributed by atoms with Crippen LogP contribution in [0.3, 0.4) is 0 Å². The van der Waals surface area contributed by atoms with Crippen molar-refractivity contribution in [3.8, 4) is 0 Å². The van der Waals surface area contributed by atoms with Gasteiger partial charge in [0, 0.05) is 18.1 Å². The number of methoxy groups -OCH3 is 1. The Kier molecular flexibility index (Phi) is 5.67. The number of nitrogens with one attached hydrogen (secondary N) is 1. The Morgan fingerprint density at radius 3 is 2.52 bits per heavy atom. The van der Waals surface area contributed by atoms with Crippen LogP contribution in [-0.4, -0.2) is 48.2 Å². The molecule has 0 aromatic carbocycles. The highest BCUT2D eigenvalue weighted by Gasteiger charge is 2.42. The van der Waals surface area contributed by atoms with Crippen LogP contribution in [0.5, 0.6) is 0 Å². The van der Waals surface area contributed by atoms with Crippen LogP contribution >= 0.6 is 0 Å². The van der Waals surface area contributed by atoms with Crippen LogP contribution in [-0.2, 0) is 9.53 Å². The molecule has 4 heteroatoms. The number of rotatable bonds is 10. The van der Waals surface area contributed by atoms with Crippen molar-refractivity contribution in [1.29, 1.82) is 0 Å². The van der Waals surface area contributed by atoms with E-state index in [9.17, 15) is 4.79 Å². The van der Waals surface area contributed by atoms with E-state index in [2.05, 4.69) is 24.1 Å². The van der Waals surface area contributed by atoms with Crippen molar-refractivity contribution >= 4 is 5.97 Å². The summed E-state index contributed by atoms with van der Waals surface area (Å²) in [6.45, 7) is 7.67. The molecule has 0 aromatic heterocycles. The highest BCUT2D eigenvalue weighted by atomic mass is 16.5. The third kappa shape index (κ3) is 4.68. The Morgan fingerprint density at radius 1 is 1.38 bits per heavy atom. The lowest BCUT2D eigenvalue weighted by atomic mass is 9.92. The number of nitrogens with zero attached hydrogens (tertiary/aromatic N) is 1. The molecular formula is C17H32N2O2. The van der Waals surface area contributed by atoms with Gasteiger partial charge in [-0.15, -0.1) is 0 Å². The van der Waals surface area contributed by atoms with E-state index in [-0.39, 0.29) is 5.97 Å². The van der Waals surface area contributed by atoms with E-state index in [0.717, 1.165) is 19.0 Å². The molecule has 0 aliphatic heterocycles. The standard InChI is InChI=1S/C17H32N2O2/c1-5-6-11-19(15-9-10-15)13(2)12-17(3,16(20)21-4)18-14-7-8-14/h13-15,18H,5-12H2,1-4H3. The lowest BCUT2D eigenvalue weighted by Gasteiger charge is -2.36. The first kappa shape index (κ1) is 16.8. The second-order valence-electron chi connectivity index (χ2n) is 7.12. The number of hydrogen-bond donors (Lipinski definition) is 1. The molecule has 2 aliphatic carbocycles. The highest BCUT2D eigenvalue weighted by Crippen LogP contribution is 2.32. The first-order chi connectivity index (χ1) is 10.00. The molecule has 0 heterocycles. The van der Waals surface area contributed by atoms with E-state index in [4.69, 9.17) is 4.74 Å². The fourth-order valence-corrected chi connectivity index (χ4v) is 3.32. The van der Waals surface area contributed by atoms with E-state index < -0.39 is 5.54 Å². The Morgan fingerprint density at radius 2 is 2.05 bits per heavy atom. The van der Waals surface area contributed by atoms with E-state index in [1.807, 2.05) is 6.92 Å². The van der Waals surface area contributed by atoms with Gasteiger partial charge in [-0.3, -0.25) is 15.0 Å². The quantitative estimate of drug-likeness (QED) is 0.629. The third-order valence-electron chi connectivity index (χ3n) is 4.79. The van der Waals surface area contributed by atoms with Gasteiger partial charge in [0.25, 0.3) is 0 Å². The molecular weight excluding hydrogens is 264 g/mol. The van der Waals surface area contributed by atoms with Gasteiger partial charge in [0.1, 0.15) is 5.54 Å². The number of carbonyl (C=O) groups is 1. The second kappa shape index (κ2) is 7.10. The van der Waals surface area contributed by atoms with Crippen LogP contribution in [0.1, 0.15) is 65.7 Å². The summed E-state index contributed by atoms with van der Waals surface area (Å²) >= 11 is 0. The van der Waals surface area contributed by atoms with Crippen molar-refractivity contribution in [3.63, 3.8) is 0 Å². The summed E-state index contributed by atoms with van der Waals surface area (Å²) in [6, 6.07) is 1.67. The molecule has 2 aliphatic rings. The zero-order valence-electron chi connectivity index (χ0n) is 14.2. The second-order valence-corrected chi connectivity index (χ2v) is 7.12. The Labute approximate surface area is 129 Å². The fraction of sp³-hybridized carbons (Fsp3) is 0.941. The topological polar surface area (TPSA) is 41.6 Å². The molecule has 2 fully saturated rings. The average Bonchev–Trinajstić information content (AvgIpc) is 3.32. The molecule has 0 amide bonds. The monoisotopic (exact) mass is 296 g/mol. The van der Waals surface area contributed by atoms with Crippen molar-refractivity contribution in [2.24, 2.45) is 0 Å². The van der Waals surface area contributed by atoms with Crippen LogP contribution < -0.4 is 5.32 Å². The van der Waals surface area contributed by atoms with Crippen LogP contribution in [0.25, 0.3) is 0 Å². The number of ether oxygens (including phenoxy) is 1. The van der Waals surface area contributed by atoms with Crippen molar-refractivity contribution < 1.29 is 9.53 Å². The molecule has 0 aromatic rings. The number of esters is 1. The molecule has 2 atom stereocenters. The predicted molar refractivity (Wildman–Crippen MR) is 85.3 cm³/mol. The molecule has 2 unspecified atom stereocenters. The summed E-state index contributed by atoms with van der Waals surface area (Å²) in [7, 11) is 1.50. The van der Waals surface area contributed by atoms with Crippen LogP contribution in [0.4, 0.5) is 0 Å². The molecule has 4 nitrogen and oxygen atoms in total. The first-order valence-electron chi connectivity index (χ1n) is 8.62. The van der Waals surface area contributed by atoms with E-state index >= 15 is 0 Å². The van der Waals surface area contributed by atoms with Gasteiger partial charge < -0.3 is 4.74 Å².